The van der Waals surface area contributed by atoms with Crippen molar-refractivity contribution in [2.24, 2.45) is 5.73 Å². The zero-order chi connectivity index (χ0) is 10.1. The lowest BCUT2D eigenvalue weighted by Crippen LogP contribution is -2.29. The third kappa shape index (κ3) is 2.68. The van der Waals surface area contributed by atoms with E-state index in [1.165, 1.54) is 0 Å². The Balaban J connectivity index is 0.00000112. The van der Waals surface area contributed by atoms with Crippen molar-refractivity contribution in [2.45, 2.75) is 32.4 Å². The first kappa shape index (κ1) is 12.4. The summed E-state index contributed by atoms with van der Waals surface area (Å²) in [7, 11) is 0. The number of halogens is 1. The molecule has 2 heterocycles. The molecule has 2 atom stereocenters. The molecule has 0 spiro atoms. The third-order valence-corrected chi connectivity index (χ3v) is 2.70. The van der Waals surface area contributed by atoms with Gasteiger partial charge in [-0.1, -0.05) is 5.16 Å². The topological polar surface area (TPSA) is 68.2 Å². The first-order valence-electron chi connectivity index (χ1n) is 4.96. The van der Waals surface area contributed by atoms with Crippen LogP contribution in [-0.2, 0) is 0 Å². The highest BCUT2D eigenvalue weighted by atomic mass is 35.5. The van der Waals surface area contributed by atoms with E-state index in [0.29, 0.717) is 17.8 Å². The number of nitrogens with two attached hydrogens (primary N) is 1. The van der Waals surface area contributed by atoms with Gasteiger partial charge in [-0.2, -0.15) is 4.98 Å². The maximum absolute atomic E-state index is 5.84. The molecule has 0 bridgehead atoms. The minimum absolute atomic E-state index is 0. The maximum Gasteiger partial charge on any atom is 0.243 e. The van der Waals surface area contributed by atoms with Crippen LogP contribution in [0.15, 0.2) is 4.52 Å². The average molecular weight is 233 g/mol. The normalized spacial score (nSPS) is 23.8. The quantitative estimate of drug-likeness (QED) is 0.821. The predicted molar refractivity (Wildman–Crippen MR) is 58.9 cm³/mol. The second-order valence-electron chi connectivity index (χ2n) is 3.90. The fourth-order valence-corrected chi connectivity index (χ4v) is 1.81. The molecule has 15 heavy (non-hydrogen) atoms. The molecule has 1 fully saturated rings. The lowest BCUT2D eigenvalue weighted by molar-refractivity contribution is 0.207. The van der Waals surface area contributed by atoms with Gasteiger partial charge in [0.1, 0.15) is 0 Å². The number of rotatable bonds is 2. The second-order valence-corrected chi connectivity index (χ2v) is 3.90. The van der Waals surface area contributed by atoms with E-state index in [2.05, 4.69) is 22.0 Å². The van der Waals surface area contributed by atoms with E-state index >= 15 is 0 Å². The van der Waals surface area contributed by atoms with Crippen LogP contribution in [-0.4, -0.2) is 34.2 Å². The Hall–Kier alpha value is -0.650. The molecule has 2 rings (SSSR count). The molecule has 1 unspecified atom stereocenters. The van der Waals surface area contributed by atoms with Crippen molar-refractivity contribution >= 4 is 12.4 Å². The van der Waals surface area contributed by atoms with Gasteiger partial charge < -0.3 is 10.3 Å². The smallest absolute Gasteiger partial charge is 0.243 e. The summed E-state index contributed by atoms with van der Waals surface area (Å²) in [5.41, 5.74) is 5.84. The molecule has 1 aliphatic rings. The van der Waals surface area contributed by atoms with E-state index in [0.717, 1.165) is 19.5 Å². The van der Waals surface area contributed by atoms with Gasteiger partial charge in [0, 0.05) is 19.1 Å². The molecular formula is C9H17ClN4O. The Kier molecular flexibility index (Phi) is 4.07. The van der Waals surface area contributed by atoms with Crippen molar-refractivity contribution < 1.29 is 4.52 Å². The van der Waals surface area contributed by atoms with E-state index < -0.39 is 0 Å². The minimum Gasteiger partial charge on any atom is -0.338 e. The van der Waals surface area contributed by atoms with Gasteiger partial charge in [0.25, 0.3) is 0 Å². The van der Waals surface area contributed by atoms with Gasteiger partial charge in [-0.15, -0.1) is 12.4 Å². The fraction of sp³-hybridized carbons (Fsp3) is 0.778. The van der Waals surface area contributed by atoms with Gasteiger partial charge in [-0.3, -0.25) is 4.90 Å². The first-order valence-corrected chi connectivity index (χ1v) is 4.96. The van der Waals surface area contributed by atoms with Crippen molar-refractivity contribution in [1.82, 2.24) is 15.0 Å². The predicted octanol–water partition coefficient (Wildman–Crippen LogP) is 0.894. The van der Waals surface area contributed by atoms with Crippen LogP contribution in [0.3, 0.4) is 0 Å². The lowest BCUT2D eigenvalue weighted by Gasteiger charge is -2.20. The van der Waals surface area contributed by atoms with Crippen LogP contribution in [0.25, 0.3) is 0 Å². The van der Waals surface area contributed by atoms with Crippen molar-refractivity contribution in [3.63, 3.8) is 0 Å². The first-order chi connectivity index (χ1) is 6.66. The average Bonchev–Trinajstić information content (AvgIpc) is 2.73. The number of likely N-dealkylation sites (tertiary alicyclic amines) is 1. The van der Waals surface area contributed by atoms with Crippen molar-refractivity contribution in [3.05, 3.63) is 11.7 Å². The van der Waals surface area contributed by atoms with Crippen molar-refractivity contribution in [1.29, 1.82) is 0 Å². The summed E-state index contributed by atoms with van der Waals surface area (Å²) in [4.78, 5) is 6.50. The van der Waals surface area contributed by atoms with Gasteiger partial charge >= 0.3 is 0 Å². The summed E-state index contributed by atoms with van der Waals surface area (Å²) in [5, 5.41) is 3.78. The Morgan fingerprint density at radius 1 is 1.60 bits per heavy atom. The Morgan fingerprint density at radius 2 is 2.33 bits per heavy atom. The zero-order valence-electron chi connectivity index (χ0n) is 9.01. The van der Waals surface area contributed by atoms with Gasteiger partial charge in [0.2, 0.25) is 5.89 Å². The molecule has 2 N–H and O–H groups in total. The molecular weight excluding hydrogens is 216 g/mol. The Bertz CT molecular complexity index is 317. The molecule has 0 saturated carbocycles. The summed E-state index contributed by atoms with van der Waals surface area (Å²) >= 11 is 0. The highest BCUT2D eigenvalue weighted by molar-refractivity contribution is 5.85. The van der Waals surface area contributed by atoms with Gasteiger partial charge in [0.15, 0.2) is 5.82 Å². The zero-order valence-corrected chi connectivity index (χ0v) is 9.83. The molecule has 6 heteroatoms. The molecule has 0 radical (unpaired) electrons. The lowest BCUT2D eigenvalue weighted by atomic mass is 10.3. The monoisotopic (exact) mass is 232 g/mol. The standard InChI is InChI=1S/C9H16N4O.ClH/c1-6(9-11-7(2)12-14-9)13-4-3-8(10)5-13;/h6,8H,3-5,10H2,1-2H3;1H/t6?,8-;/m0./s1. The van der Waals surface area contributed by atoms with E-state index in [4.69, 9.17) is 10.3 Å². The van der Waals surface area contributed by atoms with Crippen LogP contribution in [0.2, 0.25) is 0 Å². The summed E-state index contributed by atoms with van der Waals surface area (Å²) in [5.74, 6) is 1.38. The number of hydrogen-bond acceptors (Lipinski definition) is 5. The number of hydrogen-bond donors (Lipinski definition) is 1. The number of aromatic nitrogens is 2. The van der Waals surface area contributed by atoms with Gasteiger partial charge in [-0.25, -0.2) is 0 Å². The van der Waals surface area contributed by atoms with Crippen molar-refractivity contribution in [2.75, 3.05) is 13.1 Å². The largest absolute Gasteiger partial charge is 0.338 e. The third-order valence-electron chi connectivity index (χ3n) is 2.70. The Morgan fingerprint density at radius 3 is 2.80 bits per heavy atom. The molecule has 1 aromatic heterocycles. The van der Waals surface area contributed by atoms with E-state index in [9.17, 15) is 0 Å². The van der Waals surface area contributed by atoms with Crippen LogP contribution in [0.4, 0.5) is 0 Å². The highest BCUT2D eigenvalue weighted by Crippen LogP contribution is 2.22. The Labute approximate surface area is 95.4 Å². The highest BCUT2D eigenvalue weighted by Gasteiger charge is 2.27. The number of aryl methyl sites for hydroxylation is 1. The minimum atomic E-state index is 0. The SMILES string of the molecule is Cc1noc(C(C)N2CC[C@H](N)C2)n1.Cl. The number of nitrogens with zero attached hydrogens (tertiary/aromatic N) is 3. The van der Waals surface area contributed by atoms with Crippen LogP contribution in [0, 0.1) is 6.92 Å². The summed E-state index contributed by atoms with van der Waals surface area (Å²) in [6, 6.07) is 0.478. The second kappa shape index (κ2) is 4.92. The molecule has 1 saturated heterocycles. The van der Waals surface area contributed by atoms with Crippen LogP contribution in [0.5, 0.6) is 0 Å². The summed E-state index contributed by atoms with van der Waals surface area (Å²) in [6.45, 7) is 5.84. The molecule has 1 aliphatic heterocycles. The van der Waals surface area contributed by atoms with Gasteiger partial charge in [-0.05, 0) is 20.3 Å². The van der Waals surface area contributed by atoms with E-state index in [1.807, 2.05) is 6.92 Å². The molecule has 5 nitrogen and oxygen atoms in total. The fourth-order valence-electron chi connectivity index (χ4n) is 1.81. The molecule has 0 aromatic carbocycles. The van der Waals surface area contributed by atoms with E-state index in [1.54, 1.807) is 0 Å². The van der Waals surface area contributed by atoms with E-state index in [-0.39, 0.29) is 18.4 Å². The van der Waals surface area contributed by atoms with Crippen molar-refractivity contribution in [3.8, 4) is 0 Å². The van der Waals surface area contributed by atoms with Gasteiger partial charge in [0.05, 0.1) is 6.04 Å². The summed E-state index contributed by atoms with van der Waals surface area (Å²) in [6.07, 6.45) is 1.05. The molecule has 0 amide bonds. The maximum atomic E-state index is 5.84. The molecule has 1 aromatic rings. The van der Waals surface area contributed by atoms with Crippen LogP contribution in [0.1, 0.15) is 31.1 Å². The molecule has 0 aliphatic carbocycles. The van der Waals surface area contributed by atoms with Crippen LogP contribution >= 0.6 is 12.4 Å². The molecule has 86 valence electrons. The van der Waals surface area contributed by atoms with Crippen LogP contribution < -0.4 is 5.73 Å². The summed E-state index contributed by atoms with van der Waals surface area (Å²) < 4.78 is 5.13.